The zero-order valence-corrected chi connectivity index (χ0v) is 35.4. The number of hydrogen-bond acceptors (Lipinski definition) is 9. The highest BCUT2D eigenvalue weighted by molar-refractivity contribution is 5.99. The van der Waals surface area contributed by atoms with Gasteiger partial charge in [0.25, 0.3) is 5.91 Å². The highest BCUT2D eigenvalue weighted by Gasteiger charge is 2.51. The average molecular weight is 765 g/mol. The Morgan fingerprint density at radius 2 is 1.85 bits per heavy atom. The summed E-state index contributed by atoms with van der Waals surface area (Å²) in [5, 5.41) is 29.7. The molecule has 0 radical (unpaired) electrons. The van der Waals surface area contributed by atoms with Crippen molar-refractivity contribution >= 4 is 11.8 Å². The number of likely N-dealkylation sites (N-methyl/N-ethyl adjacent to an activating group) is 1. The molecule has 0 unspecified atom stereocenters. The number of carbonyl (C=O) groups is 2. The van der Waals surface area contributed by atoms with Gasteiger partial charge in [0.1, 0.15) is 23.6 Å². The summed E-state index contributed by atoms with van der Waals surface area (Å²) < 4.78 is 12.1. The van der Waals surface area contributed by atoms with E-state index in [0.717, 1.165) is 35.1 Å². The molecule has 1 saturated carbocycles. The number of aliphatic hydroxyl groups is 2. The first-order chi connectivity index (χ1) is 25.8. The van der Waals surface area contributed by atoms with E-state index in [1.165, 1.54) is 0 Å². The van der Waals surface area contributed by atoms with Crippen molar-refractivity contribution in [2.24, 2.45) is 34.5 Å². The van der Waals surface area contributed by atoms with E-state index in [2.05, 4.69) is 77.0 Å². The molecule has 1 aliphatic carbocycles. The molecule has 306 valence electrons. The van der Waals surface area contributed by atoms with Gasteiger partial charge in [-0.2, -0.15) is 5.06 Å². The van der Waals surface area contributed by atoms with Crippen LogP contribution in [0.4, 0.5) is 0 Å². The Kier molecular flexibility index (Phi) is 13.3. The number of nitrogens with zero attached hydrogens (tertiary/aromatic N) is 2. The summed E-state index contributed by atoms with van der Waals surface area (Å²) >= 11 is 0. The number of hydrogen-bond donors (Lipinski definition) is 4. The predicted octanol–water partition coefficient (Wildman–Crippen LogP) is 5.69. The minimum Gasteiger partial charge on any atom is -0.496 e. The molecule has 11 nitrogen and oxygen atoms in total. The first-order valence-corrected chi connectivity index (χ1v) is 20.2. The molecule has 11 heteroatoms. The number of amides is 2. The van der Waals surface area contributed by atoms with Crippen molar-refractivity contribution in [3.8, 4) is 22.6 Å². The lowest BCUT2D eigenvalue weighted by Crippen LogP contribution is -2.56. The highest BCUT2D eigenvalue weighted by atomic mass is 16.7. The molecule has 5 rings (SSSR count). The lowest BCUT2D eigenvalue weighted by atomic mass is 9.58. The van der Waals surface area contributed by atoms with E-state index in [0.29, 0.717) is 48.5 Å². The first-order valence-electron chi connectivity index (χ1n) is 20.2. The molecule has 2 aromatic carbocycles. The Morgan fingerprint density at radius 1 is 1.15 bits per heavy atom. The number of hydroxylamine groups is 2. The molecule has 55 heavy (non-hydrogen) atoms. The molecule has 0 spiro atoms. The van der Waals surface area contributed by atoms with Crippen LogP contribution in [0.15, 0.2) is 30.3 Å². The Labute approximate surface area is 329 Å². The van der Waals surface area contributed by atoms with Crippen molar-refractivity contribution in [1.29, 1.82) is 0 Å². The largest absolute Gasteiger partial charge is 0.496 e. The molecule has 4 N–H and O–H groups in total. The van der Waals surface area contributed by atoms with Gasteiger partial charge < -0.3 is 35.2 Å². The molecule has 2 amide bonds. The lowest BCUT2D eigenvalue weighted by molar-refractivity contribution is -0.182. The lowest BCUT2D eigenvalue weighted by Gasteiger charge is -2.50. The number of nitrogens with one attached hydrogen (secondary N) is 2. The maximum Gasteiger partial charge on any atom is 0.255 e. The number of aliphatic hydroxyl groups excluding tert-OH is 2. The van der Waals surface area contributed by atoms with Gasteiger partial charge in [-0.1, -0.05) is 73.6 Å². The van der Waals surface area contributed by atoms with Gasteiger partial charge in [-0.25, -0.2) is 0 Å². The van der Waals surface area contributed by atoms with Crippen molar-refractivity contribution in [3.05, 3.63) is 47.0 Å². The van der Waals surface area contributed by atoms with Crippen LogP contribution in [0.5, 0.6) is 11.5 Å². The zero-order chi connectivity index (χ0) is 40.6. The van der Waals surface area contributed by atoms with Crippen LogP contribution in [0.2, 0.25) is 0 Å². The maximum atomic E-state index is 14.4. The van der Waals surface area contributed by atoms with E-state index >= 15 is 0 Å². The van der Waals surface area contributed by atoms with E-state index in [-0.39, 0.29) is 53.8 Å². The second-order valence-electron chi connectivity index (χ2n) is 18.7. The molecule has 3 aliphatic rings. The fourth-order valence-electron chi connectivity index (χ4n) is 9.29. The minimum absolute atomic E-state index is 0.0237. The number of rotatable bonds is 13. The van der Waals surface area contributed by atoms with Crippen LogP contribution in [-0.2, 0) is 22.6 Å². The molecular weight excluding hydrogens is 697 g/mol. The van der Waals surface area contributed by atoms with E-state index in [4.69, 9.17) is 14.3 Å². The van der Waals surface area contributed by atoms with Gasteiger partial charge in [-0.05, 0) is 85.7 Å². The molecule has 0 bridgehead atoms. The summed E-state index contributed by atoms with van der Waals surface area (Å²) in [6, 6.07) is 8.84. The second kappa shape index (κ2) is 17.1. The van der Waals surface area contributed by atoms with Crippen LogP contribution in [0.1, 0.15) is 96.6 Å². The summed E-state index contributed by atoms with van der Waals surface area (Å²) in [5.41, 5.74) is 3.98. The third kappa shape index (κ3) is 9.33. The SMILES string of the molecule is COc1c(CN2O[C@@H](CO)[C@@H]([C@H](C)O)[C@H]2C(=O)N[C@H]2C[C@@H](C)C(C)(C)[C@@H](C)[C@@H]2C)cccc1-c1cc2c(c(C(=O)N[C@H](CN(C)C)CC(C)(C)C)c1)OCC2. The number of para-hydroxylation sites is 1. The van der Waals surface area contributed by atoms with Gasteiger partial charge in [0.15, 0.2) is 0 Å². The Morgan fingerprint density at radius 3 is 2.47 bits per heavy atom. The summed E-state index contributed by atoms with van der Waals surface area (Å²) in [6.07, 6.45) is 0.680. The molecule has 2 aromatic rings. The van der Waals surface area contributed by atoms with Gasteiger partial charge >= 0.3 is 0 Å². The van der Waals surface area contributed by atoms with Gasteiger partial charge in [0.05, 0.1) is 38.5 Å². The van der Waals surface area contributed by atoms with Crippen molar-refractivity contribution in [2.75, 3.05) is 41.0 Å². The smallest absolute Gasteiger partial charge is 0.255 e. The molecule has 9 atom stereocenters. The zero-order valence-electron chi connectivity index (χ0n) is 35.4. The van der Waals surface area contributed by atoms with Crippen LogP contribution < -0.4 is 20.1 Å². The van der Waals surface area contributed by atoms with Crippen LogP contribution in [0.25, 0.3) is 11.1 Å². The standard InChI is InChI=1S/C44H68N4O7/c1-25-18-35(26(2)27(3)44(25,8)9)46-42(52)38-37(28(4)50)36(24-49)55-48(38)22-30-14-13-15-33(39(30)53-12)31-19-29-16-17-54-40(29)34(20-31)41(51)45-32(23-47(10)11)21-43(5,6)7/h13-15,19-20,25-28,32,35-38,49-50H,16-18,21-24H2,1-12H3,(H,45,51)(H,46,52)/t25-,26+,27+,28+,32+,35+,36+,37-,38+/m1/s1. The molecule has 2 aliphatic heterocycles. The number of fused-ring (bicyclic) bond motifs is 1. The van der Waals surface area contributed by atoms with Gasteiger partial charge in [-0.15, -0.1) is 0 Å². The van der Waals surface area contributed by atoms with E-state index in [1.807, 2.05) is 38.4 Å². The van der Waals surface area contributed by atoms with Gasteiger partial charge in [0, 0.05) is 42.1 Å². The van der Waals surface area contributed by atoms with Crippen molar-refractivity contribution in [1.82, 2.24) is 20.6 Å². The molecular formula is C44H68N4O7. The van der Waals surface area contributed by atoms with Gasteiger partial charge in [-0.3, -0.25) is 14.4 Å². The quantitative estimate of drug-likeness (QED) is 0.203. The van der Waals surface area contributed by atoms with Crippen LogP contribution in [0.3, 0.4) is 0 Å². The van der Waals surface area contributed by atoms with Crippen LogP contribution in [-0.4, -0.2) is 103 Å². The number of methoxy groups -OCH3 is 1. The topological polar surface area (TPSA) is 133 Å². The van der Waals surface area contributed by atoms with E-state index in [9.17, 15) is 19.8 Å². The third-order valence-electron chi connectivity index (χ3n) is 12.9. The Bertz CT molecular complexity index is 1670. The average Bonchev–Trinajstić information content (AvgIpc) is 3.73. The van der Waals surface area contributed by atoms with Crippen molar-refractivity contribution < 1.29 is 34.1 Å². The summed E-state index contributed by atoms with van der Waals surface area (Å²) in [4.78, 5) is 36.8. The molecule has 1 saturated heterocycles. The molecule has 0 aromatic heterocycles. The van der Waals surface area contributed by atoms with Crippen LogP contribution in [0, 0.1) is 34.5 Å². The number of carbonyl (C=O) groups excluding carboxylic acids is 2. The highest BCUT2D eigenvalue weighted by Crippen LogP contribution is 2.48. The summed E-state index contributed by atoms with van der Waals surface area (Å²) in [5.74, 6) is 1.20. The fourth-order valence-corrected chi connectivity index (χ4v) is 9.29. The Hall–Kier alpha value is -3.22. The second-order valence-corrected chi connectivity index (χ2v) is 18.7. The van der Waals surface area contributed by atoms with Crippen LogP contribution >= 0.6 is 0 Å². The normalized spacial score (nSPS) is 27.7. The first kappa shape index (κ1) is 42.9. The number of benzene rings is 2. The van der Waals surface area contributed by atoms with Crippen molar-refractivity contribution in [3.63, 3.8) is 0 Å². The summed E-state index contributed by atoms with van der Waals surface area (Å²) in [7, 11) is 5.64. The maximum absolute atomic E-state index is 14.4. The summed E-state index contributed by atoms with van der Waals surface area (Å²) in [6.45, 7) is 20.6. The fraction of sp³-hybridized carbons (Fsp3) is 0.682. The third-order valence-corrected chi connectivity index (χ3v) is 12.9. The van der Waals surface area contributed by atoms with E-state index in [1.54, 1.807) is 19.1 Å². The Balaban J connectivity index is 1.47. The number of ether oxygens (including phenoxy) is 2. The molecule has 2 fully saturated rings. The predicted molar refractivity (Wildman–Crippen MR) is 216 cm³/mol. The minimum atomic E-state index is -0.911. The van der Waals surface area contributed by atoms with Gasteiger partial charge in [0.2, 0.25) is 5.91 Å². The monoisotopic (exact) mass is 765 g/mol. The van der Waals surface area contributed by atoms with Crippen molar-refractivity contribution in [2.45, 2.75) is 118 Å². The molecule has 2 heterocycles. The van der Waals surface area contributed by atoms with E-state index < -0.39 is 24.2 Å².